The monoisotopic (exact) mass is 560 g/mol. The van der Waals surface area contributed by atoms with Crippen LogP contribution in [-0.4, -0.2) is 56.2 Å². The number of benzene rings is 3. The van der Waals surface area contributed by atoms with Crippen LogP contribution in [0.1, 0.15) is 35.6 Å². The summed E-state index contributed by atoms with van der Waals surface area (Å²) in [6.45, 7) is 2.25. The normalized spacial score (nSPS) is 15.4. The van der Waals surface area contributed by atoms with Gasteiger partial charge in [-0.2, -0.15) is 4.80 Å². The molecule has 5 rings (SSSR count). The summed E-state index contributed by atoms with van der Waals surface area (Å²) in [5, 5.41) is 14.9. The van der Waals surface area contributed by atoms with E-state index in [0.717, 1.165) is 23.2 Å². The first kappa shape index (κ1) is 28.0. The van der Waals surface area contributed by atoms with Crippen molar-refractivity contribution in [1.82, 2.24) is 30.4 Å². The summed E-state index contributed by atoms with van der Waals surface area (Å²) in [4.78, 5) is 30.0. The van der Waals surface area contributed by atoms with E-state index < -0.39 is 36.0 Å². The van der Waals surface area contributed by atoms with E-state index in [4.69, 9.17) is 4.74 Å². The zero-order chi connectivity index (χ0) is 28.8. The Bertz CT molecular complexity index is 1500. The molecular formula is C30H30F2N6O3. The molecule has 0 aliphatic carbocycles. The van der Waals surface area contributed by atoms with Crippen molar-refractivity contribution >= 4 is 11.8 Å². The van der Waals surface area contributed by atoms with E-state index in [2.05, 4.69) is 20.7 Å². The molecule has 2 heterocycles. The highest BCUT2D eigenvalue weighted by Crippen LogP contribution is 2.26. The molecule has 0 saturated carbocycles. The topological polar surface area (TPSA) is 102 Å². The highest BCUT2D eigenvalue weighted by Gasteiger charge is 2.33. The van der Waals surface area contributed by atoms with Crippen LogP contribution in [0, 0.1) is 18.6 Å². The summed E-state index contributed by atoms with van der Waals surface area (Å²) >= 11 is 0. The van der Waals surface area contributed by atoms with Crippen molar-refractivity contribution in [2.45, 2.75) is 45.0 Å². The molecule has 2 atom stereocenters. The van der Waals surface area contributed by atoms with Gasteiger partial charge in [0.25, 0.3) is 0 Å². The minimum Gasteiger partial charge on any atom is -0.376 e. The van der Waals surface area contributed by atoms with Gasteiger partial charge in [0.2, 0.25) is 17.6 Å². The van der Waals surface area contributed by atoms with E-state index in [0.29, 0.717) is 18.7 Å². The Morgan fingerprint density at radius 1 is 1.05 bits per heavy atom. The number of tetrazole rings is 1. The maximum Gasteiger partial charge on any atom is 0.247 e. The Balaban J connectivity index is 1.47. The second kappa shape index (κ2) is 12.8. The van der Waals surface area contributed by atoms with Crippen molar-refractivity contribution in [3.8, 4) is 11.4 Å². The average Bonchev–Trinajstić information content (AvgIpc) is 3.66. The lowest BCUT2D eigenvalue weighted by atomic mass is 10.0. The van der Waals surface area contributed by atoms with Gasteiger partial charge in [-0.15, -0.1) is 10.2 Å². The molecule has 11 heteroatoms. The van der Waals surface area contributed by atoms with Gasteiger partial charge in [-0.25, -0.2) is 8.78 Å². The molecule has 1 N–H and O–H groups in total. The number of hydrogen-bond donors (Lipinski definition) is 1. The van der Waals surface area contributed by atoms with E-state index in [1.165, 1.54) is 23.1 Å². The Hall–Kier alpha value is -4.51. The number of carbonyl (C=O) groups is 2. The number of aryl methyl sites for hydroxylation is 1. The number of aromatic nitrogens is 4. The molecule has 2 amide bonds. The van der Waals surface area contributed by atoms with Crippen LogP contribution < -0.4 is 5.32 Å². The van der Waals surface area contributed by atoms with Gasteiger partial charge < -0.3 is 15.0 Å². The van der Waals surface area contributed by atoms with Crippen LogP contribution >= 0.6 is 0 Å². The van der Waals surface area contributed by atoms with Gasteiger partial charge >= 0.3 is 0 Å². The highest BCUT2D eigenvalue weighted by atomic mass is 19.1. The molecule has 212 valence electrons. The fourth-order valence-electron chi connectivity index (χ4n) is 4.74. The van der Waals surface area contributed by atoms with Gasteiger partial charge in [-0.1, -0.05) is 60.2 Å². The second-order valence-corrected chi connectivity index (χ2v) is 9.93. The summed E-state index contributed by atoms with van der Waals surface area (Å²) in [7, 11) is 0. The predicted molar refractivity (Wildman–Crippen MR) is 146 cm³/mol. The van der Waals surface area contributed by atoms with Gasteiger partial charge in [0.15, 0.2) is 0 Å². The molecule has 2 unspecified atom stereocenters. The van der Waals surface area contributed by atoms with Gasteiger partial charge in [0.05, 0.1) is 11.7 Å². The summed E-state index contributed by atoms with van der Waals surface area (Å²) in [6.07, 6.45) is 1.64. The van der Waals surface area contributed by atoms with Gasteiger partial charge in [0.1, 0.15) is 24.2 Å². The third-order valence-corrected chi connectivity index (χ3v) is 6.94. The van der Waals surface area contributed by atoms with Crippen LogP contribution in [0.5, 0.6) is 0 Å². The van der Waals surface area contributed by atoms with Crippen molar-refractivity contribution in [2.75, 3.05) is 13.2 Å². The third-order valence-electron chi connectivity index (χ3n) is 6.94. The number of amides is 2. The maximum atomic E-state index is 14.8. The largest absolute Gasteiger partial charge is 0.376 e. The maximum absolute atomic E-state index is 14.8. The number of hydrogen-bond acceptors (Lipinski definition) is 6. The molecule has 1 aromatic heterocycles. The molecule has 0 radical (unpaired) electrons. The van der Waals surface area contributed by atoms with Crippen molar-refractivity contribution in [2.24, 2.45) is 0 Å². The number of carbonyl (C=O) groups excluding carboxylic acids is 2. The lowest BCUT2D eigenvalue weighted by Crippen LogP contribution is -2.46. The zero-order valence-electron chi connectivity index (χ0n) is 22.5. The van der Waals surface area contributed by atoms with E-state index in [1.807, 2.05) is 19.1 Å². The molecule has 0 spiro atoms. The van der Waals surface area contributed by atoms with E-state index >= 15 is 0 Å². The first-order valence-electron chi connectivity index (χ1n) is 13.4. The Labute approximate surface area is 236 Å². The molecular weight excluding hydrogens is 530 g/mol. The Morgan fingerprint density at radius 2 is 1.78 bits per heavy atom. The first-order chi connectivity index (χ1) is 19.9. The van der Waals surface area contributed by atoms with Gasteiger partial charge in [-0.05, 0) is 48.7 Å². The molecule has 1 aliphatic rings. The van der Waals surface area contributed by atoms with Crippen LogP contribution in [0.15, 0.2) is 72.8 Å². The number of rotatable bonds is 10. The Kier molecular flexibility index (Phi) is 8.73. The molecule has 3 aromatic carbocycles. The second-order valence-electron chi connectivity index (χ2n) is 9.93. The number of ether oxygens (including phenoxy) is 1. The zero-order valence-corrected chi connectivity index (χ0v) is 22.5. The average molecular weight is 561 g/mol. The lowest BCUT2D eigenvalue weighted by Gasteiger charge is -2.32. The van der Waals surface area contributed by atoms with Crippen LogP contribution in [0.3, 0.4) is 0 Å². The number of nitrogens with one attached hydrogen (secondary N) is 1. The summed E-state index contributed by atoms with van der Waals surface area (Å²) in [5.74, 6) is -1.99. The molecule has 1 fully saturated rings. The molecule has 1 aliphatic heterocycles. The number of halogens is 2. The predicted octanol–water partition coefficient (Wildman–Crippen LogP) is 3.99. The van der Waals surface area contributed by atoms with Gasteiger partial charge in [0, 0.05) is 25.3 Å². The minimum atomic E-state index is -1.08. The SMILES string of the molecule is Cc1ccc(C(C(=O)NCC2CCCO2)N(Cc2ccccc2F)C(=O)Cn2nnc(-c3ccccc3F)n2)cc1. The standard InChI is InChI=1S/C30H30F2N6O3/c1-20-12-14-21(15-13-20)28(30(40)33-17-23-8-6-16-41-23)37(18-22-7-2-4-10-25(22)31)27(39)19-38-35-29(34-36-38)24-9-3-5-11-26(24)32/h2-5,7,9-15,23,28H,6,8,16-19H2,1H3,(H,33,40). The van der Waals surface area contributed by atoms with Crippen molar-refractivity contribution in [3.63, 3.8) is 0 Å². The third kappa shape index (κ3) is 6.80. The van der Waals surface area contributed by atoms with Crippen molar-refractivity contribution in [3.05, 3.63) is 101 Å². The van der Waals surface area contributed by atoms with E-state index in [9.17, 15) is 18.4 Å². The fourth-order valence-corrected chi connectivity index (χ4v) is 4.74. The lowest BCUT2D eigenvalue weighted by molar-refractivity contribution is -0.142. The smallest absolute Gasteiger partial charge is 0.247 e. The van der Waals surface area contributed by atoms with Gasteiger partial charge in [-0.3, -0.25) is 9.59 Å². The van der Waals surface area contributed by atoms with E-state index in [1.54, 1.807) is 42.5 Å². The quantitative estimate of drug-likeness (QED) is 0.315. The van der Waals surface area contributed by atoms with Crippen LogP contribution in [-0.2, 0) is 27.4 Å². The summed E-state index contributed by atoms with van der Waals surface area (Å²) in [5.41, 5.74) is 1.92. The van der Waals surface area contributed by atoms with E-state index in [-0.39, 0.29) is 29.6 Å². The van der Waals surface area contributed by atoms with Crippen molar-refractivity contribution < 1.29 is 23.1 Å². The summed E-state index contributed by atoms with van der Waals surface area (Å²) in [6, 6.07) is 18.2. The van der Waals surface area contributed by atoms with Crippen LogP contribution in [0.2, 0.25) is 0 Å². The molecule has 9 nitrogen and oxygen atoms in total. The first-order valence-corrected chi connectivity index (χ1v) is 13.4. The molecule has 0 bridgehead atoms. The fraction of sp³-hybridized carbons (Fsp3) is 0.300. The number of nitrogens with zero attached hydrogens (tertiary/aromatic N) is 5. The van der Waals surface area contributed by atoms with Crippen molar-refractivity contribution in [1.29, 1.82) is 0 Å². The molecule has 4 aromatic rings. The molecule has 1 saturated heterocycles. The molecule has 41 heavy (non-hydrogen) atoms. The highest BCUT2D eigenvalue weighted by molar-refractivity contribution is 5.88. The summed E-state index contributed by atoms with van der Waals surface area (Å²) < 4.78 is 34.7. The van der Waals surface area contributed by atoms with Crippen LogP contribution in [0.25, 0.3) is 11.4 Å². The Morgan fingerprint density at radius 3 is 2.49 bits per heavy atom. The van der Waals surface area contributed by atoms with Crippen LogP contribution in [0.4, 0.5) is 8.78 Å². The minimum absolute atomic E-state index is 0.0148.